The molecule has 0 bridgehead atoms. The number of rotatable bonds is 12. The van der Waals surface area contributed by atoms with Crippen molar-refractivity contribution in [1.82, 2.24) is 0 Å². The first-order valence-corrected chi connectivity index (χ1v) is 11.4. The van der Waals surface area contributed by atoms with Gasteiger partial charge in [-0.3, -0.25) is 0 Å². The molecule has 0 saturated carbocycles. The van der Waals surface area contributed by atoms with Crippen LogP contribution in [0.1, 0.15) is 84.5 Å². The molecule has 0 aromatic carbocycles. The van der Waals surface area contributed by atoms with Crippen molar-refractivity contribution < 1.29 is 0 Å². The van der Waals surface area contributed by atoms with Gasteiger partial charge < -0.3 is 0 Å². The molecule has 2 heteroatoms. The third kappa shape index (κ3) is 9.35. The van der Waals surface area contributed by atoms with Gasteiger partial charge in [-0.05, 0) is 56.5 Å². The second kappa shape index (κ2) is 13.6. The van der Waals surface area contributed by atoms with Gasteiger partial charge in [0.15, 0.2) is 0 Å². The van der Waals surface area contributed by atoms with Crippen molar-refractivity contribution in [2.75, 3.05) is 11.5 Å². The zero-order chi connectivity index (χ0) is 15.9. The maximum atomic E-state index is 2.46. The highest BCUT2D eigenvalue weighted by atomic mass is 32.2. The summed E-state index contributed by atoms with van der Waals surface area (Å²) in [6, 6.07) is 0. The summed E-state index contributed by atoms with van der Waals surface area (Å²) in [5.41, 5.74) is 0. The summed E-state index contributed by atoms with van der Waals surface area (Å²) in [7, 11) is 0. The number of hydrogen-bond donors (Lipinski definition) is 0. The van der Waals surface area contributed by atoms with Crippen LogP contribution < -0.4 is 0 Å². The minimum Gasteiger partial charge on any atom is -0.144 e. The first kappa shape index (κ1) is 20.2. The lowest BCUT2D eigenvalue weighted by Gasteiger charge is -2.34. The standard InChI is InChI=1S/C20H36S2/c1-3-5-7-9-11-13-16-20(21-18-15-19-22-20)17-14-12-10-8-6-4-2/h11-14H,3-10,15-19H2,1-2H3/b13-11-,14-12-. The maximum absolute atomic E-state index is 2.46. The Hall–Kier alpha value is 0.180. The molecule has 1 heterocycles. The minimum absolute atomic E-state index is 0.431. The minimum atomic E-state index is 0.431. The average molecular weight is 341 g/mol. The Balaban J connectivity index is 2.34. The maximum Gasteiger partial charge on any atom is 0.0679 e. The van der Waals surface area contributed by atoms with E-state index in [9.17, 15) is 0 Å². The van der Waals surface area contributed by atoms with Crippen molar-refractivity contribution in [1.29, 1.82) is 0 Å². The summed E-state index contributed by atoms with van der Waals surface area (Å²) < 4.78 is 0.431. The molecule has 1 rings (SSSR count). The van der Waals surface area contributed by atoms with Crippen molar-refractivity contribution in [2.24, 2.45) is 0 Å². The number of unbranched alkanes of at least 4 members (excludes halogenated alkanes) is 6. The lowest BCUT2D eigenvalue weighted by molar-refractivity contribution is 0.723. The predicted molar refractivity (Wildman–Crippen MR) is 108 cm³/mol. The van der Waals surface area contributed by atoms with Crippen molar-refractivity contribution in [2.45, 2.75) is 88.6 Å². The molecule has 0 aliphatic carbocycles. The summed E-state index contributed by atoms with van der Waals surface area (Å²) in [6.07, 6.45) is 24.3. The molecule has 0 spiro atoms. The van der Waals surface area contributed by atoms with E-state index in [0.717, 1.165) is 0 Å². The first-order chi connectivity index (χ1) is 10.8. The van der Waals surface area contributed by atoms with Gasteiger partial charge in [-0.15, -0.1) is 23.5 Å². The second-order valence-corrected chi connectivity index (χ2v) is 9.52. The van der Waals surface area contributed by atoms with Crippen molar-refractivity contribution >= 4 is 23.5 Å². The van der Waals surface area contributed by atoms with E-state index >= 15 is 0 Å². The summed E-state index contributed by atoms with van der Waals surface area (Å²) in [5.74, 6) is 2.70. The molecule has 0 atom stereocenters. The van der Waals surface area contributed by atoms with E-state index in [4.69, 9.17) is 0 Å². The van der Waals surface area contributed by atoms with Gasteiger partial charge in [0.05, 0.1) is 4.08 Å². The summed E-state index contributed by atoms with van der Waals surface area (Å²) in [4.78, 5) is 0. The van der Waals surface area contributed by atoms with Crippen LogP contribution in [-0.4, -0.2) is 15.6 Å². The molecule has 22 heavy (non-hydrogen) atoms. The molecular formula is C20H36S2. The van der Waals surface area contributed by atoms with Crippen LogP contribution in [0.5, 0.6) is 0 Å². The van der Waals surface area contributed by atoms with E-state index in [2.05, 4.69) is 61.7 Å². The van der Waals surface area contributed by atoms with Crippen LogP contribution in [0.3, 0.4) is 0 Å². The molecule has 0 aromatic rings. The van der Waals surface area contributed by atoms with Crippen LogP contribution >= 0.6 is 23.5 Å². The second-order valence-electron chi connectivity index (χ2n) is 6.30. The lowest BCUT2D eigenvalue weighted by Crippen LogP contribution is -2.23. The topological polar surface area (TPSA) is 0 Å². The van der Waals surface area contributed by atoms with Crippen LogP contribution in [0.25, 0.3) is 0 Å². The molecule has 0 radical (unpaired) electrons. The van der Waals surface area contributed by atoms with Gasteiger partial charge in [-0.1, -0.05) is 63.8 Å². The molecule has 0 aromatic heterocycles. The van der Waals surface area contributed by atoms with Crippen LogP contribution in [0, 0.1) is 0 Å². The largest absolute Gasteiger partial charge is 0.144 e. The van der Waals surface area contributed by atoms with Gasteiger partial charge in [0, 0.05) is 0 Å². The Morgan fingerprint density at radius 3 is 1.68 bits per heavy atom. The van der Waals surface area contributed by atoms with E-state index in [-0.39, 0.29) is 0 Å². The summed E-state index contributed by atoms with van der Waals surface area (Å²) in [5, 5.41) is 0. The van der Waals surface area contributed by atoms with Crippen LogP contribution in [0.4, 0.5) is 0 Å². The predicted octanol–water partition coefficient (Wildman–Crippen LogP) is 7.61. The van der Waals surface area contributed by atoms with E-state index in [1.807, 2.05) is 0 Å². The molecule has 128 valence electrons. The van der Waals surface area contributed by atoms with Crippen LogP contribution in [0.2, 0.25) is 0 Å². The van der Waals surface area contributed by atoms with Crippen LogP contribution in [-0.2, 0) is 0 Å². The third-order valence-electron chi connectivity index (χ3n) is 4.16. The van der Waals surface area contributed by atoms with Crippen molar-refractivity contribution in [3.05, 3.63) is 24.3 Å². The van der Waals surface area contributed by atoms with E-state index in [1.54, 1.807) is 0 Å². The molecule has 0 amide bonds. The smallest absolute Gasteiger partial charge is 0.0679 e. The molecule has 1 aliphatic rings. The molecule has 0 unspecified atom stereocenters. The highest BCUT2D eigenvalue weighted by Gasteiger charge is 2.31. The fourth-order valence-electron chi connectivity index (χ4n) is 2.72. The summed E-state index contributed by atoms with van der Waals surface area (Å²) in [6.45, 7) is 4.56. The Kier molecular flexibility index (Phi) is 12.5. The first-order valence-electron chi connectivity index (χ1n) is 9.41. The lowest BCUT2D eigenvalue weighted by atomic mass is 10.1. The fourth-order valence-corrected chi connectivity index (χ4v) is 5.92. The molecule has 1 aliphatic heterocycles. The van der Waals surface area contributed by atoms with Crippen molar-refractivity contribution in [3.8, 4) is 0 Å². The van der Waals surface area contributed by atoms with Crippen LogP contribution in [0.15, 0.2) is 24.3 Å². The van der Waals surface area contributed by atoms with Gasteiger partial charge in [-0.2, -0.15) is 0 Å². The molecule has 1 fully saturated rings. The quantitative estimate of drug-likeness (QED) is 0.265. The Morgan fingerprint density at radius 1 is 0.727 bits per heavy atom. The number of thioether (sulfide) groups is 2. The van der Waals surface area contributed by atoms with Gasteiger partial charge in [0.1, 0.15) is 0 Å². The van der Waals surface area contributed by atoms with Crippen molar-refractivity contribution in [3.63, 3.8) is 0 Å². The number of hydrogen-bond acceptors (Lipinski definition) is 2. The Labute approximate surface area is 148 Å². The molecule has 0 N–H and O–H groups in total. The average Bonchev–Trinajstić information content (AvgIpc) is 2.55. The van der Waals surface area contributed by atoms with E-state index in [0.29, 0.717) is 4.08 Å². The molecule has 1 saturated heterocycles. The van der Waals surface area contributed by atoms with Gasteiger partial charge in [0.2, 0.25) is 0 Å². The molecule has 0 nitrogen and oxygen atoms in total. The molecular weight excluding hydrogens is 304 g/mol. The third-order valence-corrected chi connectivity index (χ3v) is 7.57. The van der Waals surface area contributed by atoms with Gasteiger partial charge >= 0.3 is 0 Å². The zero-order valence-corrected chi connectivity index (χ0v) is 16.5. The Morgan fingerprint density at radius 2 is 1.23 bits per heavy atom. The van der Waals surface area contributed by atoms with E-state index < -0.39 is 0 Å². The summed E-state index contributed by atoms with van der Waals surface area (Å²) >= 11 is 4.42. The highest BCUT2D eigenvalue weighted by Crippen LogP contribution is 2.47. The fraction of sp³-hybridized carbons (Fsp3) is 0.800. The SMILES string of the molecule is CCCCC/C=C\CC1(C/C=C\CCCCC)SCCCS1. The van der Waals surface area contributed by atoms with E-state index in [1.165, 1.54) is 82.1 Å². The normalized spacial score (nSPS) is 18.5. The number of allylic oxidation sites excluding steroid dienone is 4. The highest BCUT2D eigenvalue weighted by molar-refractivity contribution is 8.18. The Bertz CT molecular complexity index is 277. The van der Waals surface area contributed by atoms with Gasteiger partial charge in [0.25, 0.3) is 0 Å². The van der Waals surface area contributed by atoms with Gasteiger partial charge in [-0.25, -0.2) is 0 Å². The monoisotopic (exact) mass is 340 g/mol. The zero-order valence-electron chi connectivity index (χ0n) is 14.8.